The molecule has 0 spiro atoms. The lowest BCUT2D eigenvalue weighted by atomic mass is 10.3. The van der Waals surface area contributed by atoms with Gasteiger partial charge in [0.2, 0.25) is 0 Å². The van der Waals surface area contributed by atoms with E-state index in [4.69, 9.17) is 5.73 Å². The van der Waals surface area contributed by atoms with Crippen LogP contribution in [0.1, 0.15) is 10.5 Å². The summed E-state index contributed by atoms with van der Waals surface area (Å²) >= 11 is 1.52. The summed E-state index contributed by atoms with van der Waals surface area (Å²) in [5.41, 5.74) is 5.98. The number of nitrogens with one attached hydrogen (secondary N) is 1. The van der Waals surface area contributed by atoms with Crippen LogP contribution in [-0.4, -0.2) is 59.1 Å². The monoisotopic (exact) mass is 290 g/mol. The quantitative estimate of drug-likeness (QED) is 0.763. The molecule has 0 radical (unpaired) electrons. The average molecular weight is 290 g/mol. The summed E-state index contributed by atoms with van der Waals surface area (Å²) in [6.45, 7) is 0.389. The Labute approximate surface area is 109 Å². The Balaban J connectivity index is 2.30. The second-order valence-electron chi connectivity index (χ2n) is 4.06. The predicted molar refractivity (Wildman–Crippen MR) is 70.0 cm³/mol. The molecule has 2 rings (SSSR count). The number of carbonyl (C=O) groups excluding carboxylic acids is 1. The number of carbonyl (C=O) groups is 1. The van der Waals surface area contributed by atoms with Crippen molar-refractivity contribution < 1.29 is 13.2 Å². The number of aromatic nitrogens is 2. The molecule has 1 unspecified atom stereocenters. The molecule has 100 valence electrons. The van der Waals surface area contributed by atoms with E-state index in [0.29, 0.717) is 18.1 Å². The van der Waals surface area contributed by atoms with Crippen LogP contribution in [0.3, 0.4) is 0 Å². The van der Waals surface area contributed by atoms with Gasteiger partial charge in [0.25, 0.3) is 5.91 Å². The topological polar surface area (TPSA) is 109 Å². The molecule has 1 aromatic heterocycles. The van der Waals surface area contributed by atoms with Crippen molar-refractivity contribution in [1.82, 2.24) is 15.1 Å². The summed E-state index contributed by atoms with van der Waals surface area (Å²) < 4.78 is 23.4. The van der Waals surface area contributed by atoms with Crippen LogP contribution in [0.15, 0.2) is 6.20 Å². The second-order valence-corrected chi connectivity index (χ2v) is 7.41. The van der Waals surface area contributed by atoms with Crippen molar-refractivity contribution in [3.63, 3.8) is 0 Å². The van der Waals surface area contributed by atoms with Crippen LogP contribution in [0.4, 0.5) is 5.69 Å². The number of hydrogen-bond donors (Lipinski definition) is 2. The Hall–Kier alpha value is -1.22. The van der Waals surface area contributed by atoms with Crippen LogP contribution in [0.2, 0.25) is 0 Å². The van der Waals surface area contributed by atoms with Crippen molar-refractivity contribution in [1.29, 1.82) is 0 Å². The molecule has 1 amide bonds. The molecule has 1 atom stereocenters. The zero-order valence-corrected chi connectivity index (χ0v) is 11.4. The Kier molecular flexibility index (Phi) is 3.53. The highest BCUT2D eigenvalue weighted by atomic mass is 32.2. The molecule has 1 fully saturated rings. The van der Waals surface area contributed by atoms with E-state index < -0.39 is 21.1 Å². The third-order valence-corrected chi connectivity index (χ3v) is 5.37. The highest BCUT2D eigenvalue weighted by molar-refractivity contribution is 8.00. The first-order chi connectivity index (χ1) is 8.41. The van der Waals surface area contributed by atoms with Gasteiger partial charge in [0.05, 0.1) is 11.9 Å². The molecule has 1 saturated heterocycles. The van der Waals surface area contributed by atoms with Crippen molar-refractivity contribution in [2.45, 2.75) is 5.37 Å². The van der Waals surface area contributed by atoms with E-state index in [1.807, 2.05) is 0 Å². The molecule has 1 aliphatic heterocycles. The number of nitrogen functional groups attached to an aromatic ring is 1. The van der Waals surface area contributed by atoms with Gasteiger partial charge in [-0.25, -0.2) is 8.42 Å². The van der Waals surface area contributed by atoms with Crippen LogP contribution in [0.5, 0.6) is 0 Å². The fourth-order valence-electron chi connectivity index (χ4n) is 1.78. The van der Waals surface area contributed by atoms with E-state index >= 15 is 0 Å². The molecule has 1 aromatic rings. The molecule has 7 nitrogen and oxygen atoms in total. The zero-order valence-electron chi connectivity index (χ0n) is 9.79. The first kappa shape index (κ1) is 13.2. The Bertz CT molecular complexity index is 554. The van der Waals surface area contributed by atoms with E-state index in [-0.39, 0.29) is 11.4 Å². The molecule has 0 bridgehead atoms. The number of rotatable bonds is 2. The van der Waals surface area contributed by atoms with Crippen LogP contribution in [0.25, 0.3) is 0 Å². The Morgan fingerprint density at radius 3 is 2.94 bits per heavy atom. The third-order valence-electron chi connectivity index (χ3n) is 2.72. The molecule has 0 saturated carbocycles. The summed E-state index contributed by atoms with van der Waals surface area (Å²) in [5, 5.41) is 5.38. The molecule has 0 aliphatic carbocycles. The van der Waals surface area contributed by atoms with Crippen molar-refractivity contribution >= 4 is 33.2 Å². The number of nitrogens with zero attached hydrogens (tertiary/aromatic N) is 2. The summed E-state index contributed by atoms with van der Waals surface area (Å²) in [4.78, 5) is 13.6. The van der Waals surface area contributed by atoms with Gasteiger partial charge in [-0.3, -0.25) is 9.89 Å². The van der Waals surface area contributed by atoms with Gasteiger partial charge in [0.1, 0.15) is 11.1 Å². The number of aromatic amines is 1. The standard InChI is InChI=1S/C9H14N4O3S2/c1-18(15,16)7-5-17-3-2-13(7)9(14)8-6(10)4-11-12-8/h4,7H,2-3,5,10H2,1H3,(H,11,12). The van der Waals surface area contributed by atoms with Crippen molar-refractivity contribution in [3.8, 4) is 0 Å². The lowest BCUT2D eigenvalue weighted by Crippen LogP contribution is -2.50. The van der Waals surface area contributed by atoms with Gasteiger partial charge < -0.3 is 10.6 Å². The fourth-order valence-corrected chi connectivity index (χ4v) is 4.59. The van der Waals surface area contributed by atoms with Gasteiger partial charge in [-0.2, -0.15) is 16.9 Å². The SMILES string of the molecule is CS(=O)(=O)C1CSCCN1C(=O)c1[nH]ncc1N. The van der Waals surface area contributed by atoms with Gasteiger partial charge in [-0.1, -0.05) is 0 Å². The molecule has 18 heavy (non-hydrogen) atoms. The summed E-state index contributed by atoms with van der Waals surface area (Å²) in [6, 6.07) is 0. The number of H-pyrrole nitrogens is 1. The summed E-state index contributed by atoms with van der Waals surface area (Å²) in [6.07, 6.45) is 2.47. The molecule has 1 aliphatic rings. The predicted octanol–water partition coefficient (Wildman–Crippen LogP) is -0.448. The maximum atomic E-state index is 12.2. The average Bonchev–Trinajstić information content (AvgIpc) is 2.73. The first-order valence-electron chi connectivity index (χ1n) is 5.27. The molecule has 9 heteroatoms. The van der Waals surface area contributed by atoms with E-state index in [1.54, 1.807) is 0 Å². The molecular formula is C9H14N4O3S2. The number of thioether (sulfide) groups is 1. The van der Waals surface area contributed by atoms with Gasteiger partial charge >= 0.3 is 0 Å². The van der Waals surface area contributed by atoms with Gasteiger partial charge in [-0.05, 0) is 0 Å². The molecule has 3 N–H and O–H groups in total. The lowest BCUT2D eigenvalue weighted by molar-refractivity contribution is 0.0744. The Morgan fingerprint density at radius 2 is 2.39 bits per heavy atom. The number of anilines is 1. The van der Waals surface area contributed by atoms with Crippen LogP contribution in [-0.2, 0) is 9.84 Å². The van der Waals surface area contributed by atoms with Gasteiger partial charge in [-0.15, -0.1) is 0 Å². The number of nitrogens with two attached hydrogens (primary N) is 1. The third kappa shape index (κ3) is 2.46. The maximum Gasteiger partial charge on any atom is 0.275 e. The fraction of sp³-hybridized carbons (Fsp3) is 0.556. The van der Waals surface area contributed by atoms with E-state index in [2.05, 4.69) is 10.2 Å². The molecular weight excluding hydrogens is 276 g/mol. The highest BCUT2D eigenvalue weighted by Crippen LogP contribution is 2.23. The van der Waals surface area contributed by atoms with Crippen LogP contribution >= 0.6 is 11.8 Å². The van der Waals surface area contributed by atoms with E-state index in [9.17, 15) is 13.2 Å². The minimum absolute atomic E-state index is 0.149. The van der Waals surface area contributed by atoms with Crippen LogP contribution in [0, 0.1) is 0 Å². The highest BCUT2D eigenvalue weighted by Gasteiger charge is 2.35. The van der Waals surface area contributed by atoms with Crippen molar-refractivity contribution in [2.75, 3.05) is 30.0 Å². The normalized spacial score (nSPS) is 20.9. The smallest absolute Gasteiger partial charge is 0.275 e. The molecule has 2 heterocycles. The van der Waals surface area contributed by atoms with Crippen molar-refractivity contribution in [2.24, 2.45) is 0 Å². The molecule has 0 aromatic carbocycles. The van der Waals surface area contributed by atoms with Gasteiger partial charge in [0.15, 0.2) is 9.84 Å². The summed E-state index contributed by atoms with van der Waals surface area (Å²) in [7, 11) is -3.31. The van der Waals surface area contributed by atoms with Crippen molar-refractivity contribution in [3.05, 3.63) is 11.9 Å². The minimum Gasteiger partial charge on any atom is -0.396 e. The van der Waals surface area contributed by atoms with Crippen LogP contribution < -0.4 is 5.73 Å². The number of amides is 1. The maximum absolute atomic E-state index is 12.2. The summed E-state index contributed by atoms with van der Waals surface area (Å²) in [5.74, 6) is 0.686. The second kappa shape index (κ2) is 4.81. The largest absolute Gasteiger partial charge is 0.396 e. The first-order valence-corrected chi connectivity index (χ1v) is 8.38. The minimum atomic E-state index is -3.31. The van der Waals surface area contributed by atoms with E-state index in [0.717, 1.165) is 6.26 Å². The number of sulfone groups is 1. The Morgan fingerprint density at radius 1 is 1.67 bits per heavy atom. The zero-order chi connectivity index (χ0) is 13.3. The van der Waals surface area contributed by atoms with Gasteiger partial charge in [0, 0.05) is 24.3 Å². The van der Waals surface area contributed by atoms with E-state index in [1.165, 1.54) is 22.9 Å². The lowest BCUT2D eigenvalue weighted by Gasteiger charge is -2.33. The number of hydrogen-bond acceptors (Lipinski definition) is 6.